The van der Waals surface area contributed by atoms with Gasteiger partial charge >= 0.3 is 0 Å². The standard InChI is InChI=1S/C19H16BrO2P/c1-22-18-9-5-6-10-19(18)23(21,16-7-3-2-4-8-16)17-13-11-15(20)12-14-17/h2-14H,1H3. The van der Waals surface area contributed by atoms with Gasteiger partial charge in [0.15, 0.2) is 7.14 Å². The fraction of sp³-hybridized carbons (Fsp3) is 0.0526. The second-order valence-electron chi connectivity index (χ2n) is 5.09. The molecule has 0 amide bonds. The topological polar surface area (TPSA) is 26.3 Å². The van der Waals surface area contributed by atoms with Crippen LogP contribution in [0.3, 0.4) is 0 Å². The van der Waals surface area contributed by atoms with Crippen LogP contribution in [0.1, 0.15) is 0 Å². The third kappa shape index (κ3) is 2.99. The largest absolute Gasteiger partial charge is 0.496 e. The van der Waals surface area contributed by atoms with Gasteiger partial charge in [-0.05, 0) is 36.4 Å². The zero-order valence-corrected chi connectivity index (χ0v) is 15.1. The number of rotatable bonds is 4. The molecule has 3 aromatic rings. The minimum absolute atomic E-state index is 0.641. The minimum atomic E-state index is -3.00. The lowest BCUT2D eigenvalue weighted by Crippen LogP contribution is -2.26. The van der Waals surface area contributed by atoms with Gasteiger partial charge in [0.05, 0.1) is 12.4 Å². The zero-order chi connectivity index (χ0) is 16.3. The van der Waals surface area contributed by atoms with Crippen molar-refractivity contribution in [1.29, 1.82) is 0 Å². The van der Waals surface area contributed by atoms with Crippen molar-refractivity contribution in [2.75, 3.05) is 7.11 Å². The Morgan fingerprint density at radius 1 is 0.783 bits per heavy atom. The van der Waals surface area contributed by atoms with Gasteiger partial charge in [0, 0.05) is 15.1 Å². The van der Waals surface area contributed by atoms with E-state index in [1.165, 1.54) is 0 Å². The molecule has 0 N–H and O–H groups in total. The van der Waals surface area contributed by atoms with Gasteiger partial charge < -0.3 is 9.30 Å². The highest BCUT2D eigenvalue weighted by Crippen LogP contribution is 2.45. The van der Waals surface area contributed by atoms with Gasteiger partial charge in [-0.15, -0.1) is 0 Å². The fourth-order valence-corrected chi connectivity index (χ4v) is 5.66. The van der Waals surface area contributed by atoms with Gasteiger partial charge in [-0.25, -0.2) is 0 Å². The minimum Gasteiger partial charge on any atom is -0.496 e. The van der Waals surface area contributed by atoms with E-state index >= 15 is 0 Å². The average molecular weight is 387 g/mol. The highest BCUT2D eigenvalue weighted by atomic mass is 79.9. The summed E-state index contributed by atoms with van der Waals surface area (Å²) in [5, 5.41) is 2.30. The van der Waals surface area contributed by atoms with Crippen LogP contribution in [0.2, 0.25) is 0 Å². The summed E-state index contributed by atoms with van der Waals surface area (Å²) < 4.78 is 20.6. The molecule has 3 rings (SSSR count). The highest BCUT2D eigenvalue weighted by molar-refractivity contribution is 9.10. The number of ether oxygens (including phenoxy) is 1. The Bertz CT molecular complexity index is 845. The molecule has 3 aromatic carbocycles. The van der Waals surface area contributed by atoms with Crippen LogP contribution in [0, 0.1) is 0 Å². The summed E-state index contributed by atoms with van der Waals surface area (Å²) in [6, 6.07) is 24.7. The predicted molar refractivity (Wildman–Crippen MR) is 100 cm³/mol. The number of methoxy groups -OCH3 is 1. The Morgan fingerprint density at radius 3 is 2.00 bits per heavy atom. The summed E-state index contributed by atoms with van der Waals surface area (Å²) in [5.74, 6) is 0.641. The van der Waals surface area contributed by atoms with Crippen LogP contribution >= 0.6 is 23.1 Å². The zero-order valence-electron chi connectivity index (χ0n) is 12.6. The van der Waals surface area contributed by atoms with Crippen LogP contribution in [0.15, 0.2) is 83.3 Å². The lowest BCUT2D eigenvalue weighted by Gasteiger charge is -2.22. The lowest BCUT2D eigenvalue weighted by atomic mass is 10.3. The molecule has 23 heavy (non-hydrogen) atoms. The van der Waals surface area contributed by atoms with Crippen molar-refractivity contribution < 1.29 is 9.30 Å². The molecule has 4 heteroatoms. The molecule has 1 atom stereocenters. The highest BCUT2D eigenvalue weighted by Gasteiger charge is 2.32. The molecule has 0 fully saturated rings. The fourth-order valence-electron chi connectivity index (χ4n) is 2.61. The van der Waals surface area contributed by atoms with Crippen LogP contribution in [0.5, 0.6) is 5.75 Å². The summed E-state index contributed by atoms with van der Waals surface area (Å²) >= 11 is 3.44. The third-order valence-corrected chi connectivity index (χ3v) is 7.36. The summed E-state index contributed by atoms with van der Waals surface area (Å²) in [6.45, 7) is 0. The summed E-state index contributed by atoms with van der Waals surface area (Å²) in [6.07, 6.45) is 0. The summed E-state index contributed by atoms with van der Waals surface area (Å²) in [7, 11) is -1.39. The summed E-state index contributed by atoms with van der Waals surface area (Å²) in [4.78, 5) is 0. The van der Waals surface area contributed by atoms with Crippen LogP contribution in [0.25, 0.3) is 0 Å². The van der Waals surface area contributed by atoms with Crippen molar-refractivity contribution in [2.45, 2.75) is 0 Å². The van der Waals surface area contributed by atoms with Crippen molar-refractivity contribution >= 4 is 39.0 Å². The number of para-hydroxylation sites is 1. The van der Waals surface area contributed by atoms with Gasteiger partial charge in [-0.1, -0.05) is 58.4 Å². The van der Waals surface area contributed by atoms with E-state index in [9.17, 15) is 4.57 Å². The quantitative estimate of drug-likeness (QED) is 0.631. The molecule has 2 nitrogen and oxygen atoms in total. The van der Waals surface area contributed by atoms with Crippen LogP contribution in [-0.4, -0.2) is 7.11 Å². The second kappa shape index (κ2) is 6.74. The number of halogens is 1. The Labute approximate surface area is 144 Å². The van der Waals surface area contributed by atoms with E-state index in [1.807, 2.05) is 78.9 Å². The van der Waals surface area contributed by atoms with Gasteiger partial charge in [-0.2, -0.15) is 0 Å². The first kappa shape index (κ1) is 16.0. The maximum absolute atomic E-state index is 14.2. The SMILES string of the molecule is COc1ccccc1P(=O)(c1ccccc1)c1ccc(Br)cc1. The van der Waals surface area contributed by atoms with Crippen molar-refractivity contribution in [3.8, 4) is 5.75 Å². The van der Waals surface area contributed by atoms with Crippen LogP contribution in [-0.2, 0) is 4.57 Å². The molecule has 0 aliphatic heterocycles. The molecule has 0 spiro atoms. The molecule has 0 heterocycles. The maximum Gasteiger partial charge on any atom is 0.174 e. The Balaban J connectivity index is 2.31. The molecule has 0 aromatic heterocycles. The van der Waals surface area contributed by atoms with E-state index < -0.39 is 7.14 Å². The Hall–Kier alpha value is -1.83. The number of benzene rings is 3. The van der Waals surface area contributed by atoms with Crippen molar-refractivity contribution in [3.05, 3.63) is 83.3 Å². The monoisotopic (exact) mass is 386 g/mol. The molecule has 0 saturated carbocycles. The molecule has 1 unspecified atom stereocenters. The number of hydrogen-bond donors (Lipinski definition) is 0. The molecular weight excluding hydrogens is 371 g/mol. The lowest BCUT2D eigenvalue weighted by molar-refractivity contribution is 0.418. The van der Waals surface area contributed by atoms with E-state index in [4.69, 9.17) is 4.74 Å². The van der Waals surface area contributed by atoms with E-state index in [-0.39, 0.29) is 0 Å². The third-order valence-electron chi connectivity index (χ3n) is 3.73. The van der Waals surface area contributed by atoms with Crippen LogP contribution in [0.4, 0.5) is 0 Å². The first-order valence-electron chi connectivity index (χ1n) is 7.21. The van der Waals surface area contributed by atoms with Gasteiger partial charge in [0.25, 0.3) is 0 Å². The Kier molecular flexibility index (Phi) is 4.70. The first-order valence-corrected chi connectivity index (χ1v) is 9.71. The molecule has 0 saturated heterocycles. The smallest absolute Gasteiger partial charge is 0.174 e. The molecule has 0 aliphatic carbocycles. The van der Waals surface area contributed by atoms with Gasteiger partial charge in [0.1, 0.15) is 5.75 Å². The first-order chi connectivity index (χ1) is 11.2. The van der Waals surface area contributed by atoms with E-state index in [0.717, 1.165) is 20.4 Å². The molecule has 0 radical (unpaired) electrons. The predicted octanol–water partition coefficient (Wildman–Crippen LogP) is 4.10. The van der Waals surface area contributed by atoms with Gasteiger partial charge in [0.2, 0.25) is 0 Å². The Morgan fingerprint density at radius 2 is 1.35 bits per heavy atom. The van der Waals surface area contributed by atoms with E-state index in [0.29, 0.717) is 5.75 Å². The number of hydrogen-bond acceptors (Lipinski definition) is 2. The normalized spacial score (nSPS) is 13.3. The van der Waals surface area contributed by atoms with Gasteiger partial charge in [-0.3, -0.25) is 0 Å². The van der Waals surface area contributed by atoms with Crippen LogP contribution < -0.4 is 20.7 Å². The van der Waals surface area contributed by atoms with Crippen molar-refractivity contribution in [1.82, 2.24) is 0 Å². The van der Waals surface area contributed by atoms with Crippen molar-refractivity contribution in [3.63, 3.8) is 0 Å². The summed E-state index contributed by atoms with van der Waals surface area (Å²) in [5.41, 5.74) is 0. The molecule has 0 bridgehead atoms. The maximum atomic E-state index is 14.2. The van der Waals surface area contributed by atoms with E-state index in [2.05, 4.69) is 15.9 Å². The average Bonchev–Trinajstić information content (AvgIpc) is 2.62. The van der Waals surface area contributed by atoms with E-state index in [1.54, 1.807) is 7.11 Å². The van der Waals surface area contributed by atoms with Crippen molar-refractivity contribution in [2.24, 2.45) is 0 Å². The second-order valence-corrected chi connectivity index (χ2v) is 8.74. The molecule has 0 aliphatic rings. The molecule has 116 valence electrons. The molecular formula is C19H16BrO2P.